The highest BCUT2D eigenvalue weighted by Crippen LogP contribution is 2.52. The maximum absolute atomic E-state index is 4.99. The molecule has 0 spiro atoms. The Morgan fingerprint density at radius 3 is 1.33 bits per heavy atom. The van der Waals surface area contributed by atoms with E-state index in [0.717, 1.165) is 22.3 Å². The fourth-order valence-electron chi connectivity index (χ4n) is 8.09. The maximum atomic E-state index is 4.99. The Bertz CT molecular complexity index is 2760. The molecule has 0 aliphatic heterocycles. The summed E-state index contributed by atoms with van der Waals surface area (Å²) < 4.78 is 0. The van der Waals surface area contributed by atoms with Gasteiger partial charge in [0.2, 0.25) is 0 Å². The molecule has 0 fully saturated rings. The summed E-state index contributed by atoms with van der Waals surface area (Å²) in [6.45, 7) is 4.74. The Morgan fingerprint density at radius 2 is 0.745 bits per heavy atom. The summed E-state index contributed by atoms with van der Waals surface area (Å²) >= 11 is 0. The van der Waals surface area contributed by atoms with Gasteiger partial charge in [-0.1, -0.05) is 153 Å². The van der Waals surface area contributed by atoms with Crippen LogP contribution in [0.1, 0.15) is 25.0 Å². The molecule has 3 heteroatoms. The van der Waals surface area contributed by atoms with E-state index in [1.54, 1.807) is 0 Å². The van der Waals surface area contributed by atoms with Crippen LogP contribution in [0, 0.1) is 0 Å². The number of hydrogen-bond donors (Lipinski definition) is 0. The predicted molar refractivity (Wildman–Crippen MR) is 212 cm³/mol. The number of benzene rings is 8. The van der Waals surface area contributed by atoms with E-state index in [1.165, 1.54) is 60.1 Å². The molecule has 10 rings (SSSR count). The van der Waals surface area contributed by atoms with Gasteiger partial charge in [0.15, 0.2) is 17.5 Å². The molecule has 0 atom stereocenters. The van der Waals surface area contributed by atoms with Crippen LogP contribution in [-0.4, -0.2) is 15.0 Å². The fraction of sp³-hybridized carbons (Fsp3) is 0.0625. The predicted octanol–water partition coefficient (Wildman–Crippen LogP) is 12.3. The molecule has 1 aliphatic rings. The Hall–Kier alpha value is -6.45. The topological polar surface area (TPSA) is 38.7 Å². The van der Waals surface area contributed by atoms with Crippen molar-refractivity contribution in [1.82, 2.24) is 15.0 Å². The van der Waals surface area contributed by atoms with Gasteiger partial charge in [-0.05, 0) is 90.0 Å². The first-order valence-electron chi connectivity index (χ1n) is 17.5. The molecular weight excluding hydrogens is 619 g/mol. The summed E-state index contributed by atoms with van der Waals surface area (Å²) in [5, 5.41) is 7.85. The average Bonchev–Trinajstić information content (AvgIpc) is 3.42. The summed E-state index contributed by atoms with van der Waals surface area (Å²) in [5.41, 5.74) is 10.4. The molecule has 51 heavy (non-hydrogen) atoms. The van der Waals surface area contributed by atoms with Crippen molar-refractivity contribution in [3.63, 3.8) is 0 Å². The van der Waals surface area contributed by atoms with Gasteiger partial charge in [-0.25, -0.2) is 15.0 Å². The third kappa shape index (κ3) is 4.69. The number of hydrogen-bond acceptors (Lipinski definition) is 3. The number of nitrogens with zero attached hydrogens (tertiary/aromatic N) is 3. The summed E-state index contributed by atoms with van der Waals surface area (Å²) in [4.78, 5) is 14.9. The normalized spacial score (nSPS) is 13.1. The first kappa shape index (κ1) is 29.5. The molecule has 0 N–H and O–H groups in total. The van der Waals surface area contributed by atoms with Gasteiger partial charge < -0.3 is 0 Å². The summed E-state index contributed by atoms with van der Waals surface area (Å²) in [6, 6.07) is 58.4. The zero-order valence-corrected chi connectivity index (χ0v) is 28.4. The van der Waals surface area contributed by atoms with E-state index < -0.39 is 0 Å². The molecule has 9 aromatic rings. The molecule has 0 saturated carbocycles. The van der Waals surface area contributed by atoms with E-state index in [-0.39, 0.29) is 5.41 Å². The monoisotopic (exact) mass is 651 g/mol. The first-order valence-corrected chi connectivity index (χ1v) is 17.5. The number of fused-ring (bicyclic) bond motifs is 9. The molecule has 0 bridgehead atoms. The van der Waals surface area contributed by atoms with Crippen LogP contribution in [0.4, 0.5) is 0 Å². The van der Waals surface area contributed by atoms with E-state index in [2.05, 4.69) is 117 Å². The molecule has 0 radical (unpaired) electrons. The average molecular weight is 652 g/mol. The molecule has 3 nitrogen and oxygen atoms in total. The Balaban J connectivity index is 1.10. The van der Waals surface area contributed by atoms with E-state index >= 15 is 0 Å². The van der Waals surface area contributed by atoms with Gasteiger partial charge in [0.1, 0.15) is 0 Å². The van der Waals surface area contributed by atoms with Crippen molar-refractivity contribution in [2.24, 2.45) is 0 Å². The second kappa shape index (κ2) is 11.3. The van der Waals surface area contributed by atoms with Gasteiger partial charge in [0, 0.05) is 22.1 Å². The van der Waals surface area contributed by atoms with Crippen molar-refractivity contribution in [2.75, 3.05) is 0 Å². The lowest BCUT2D eigenvalue weighted by molar-refractivity contribution is 0.661. The Morgan fingerprint density at radius 1 is 0.314 bits per heavy atom. The third-order valence-electron chi connectivity index (χ3n) is 10.7. The van der Waals surface area contributed by atoms with Crippen LogP contribution in [0.3, 0.4) is 0 Å². The van der Waals surface area contributed by atoms with Gasteiger partial charge in [-0.3, -0.25) is 0 Å². The minimum atomic E-state index is -0.164. The molecule has 1 aliphatic carbocycles. The Kier molecular flexibility index (Phi) is 6.53. The van der Waals surface area contributed by atoms with Gasteiger partial charge in [0.25, 0.3) is 0 Å². The second-order valence-electron chi connectivity index (χ2n) is 14.0. The van der Waals surface area contributed by atoms with Gasteiger partial charge >= 0.3 is 0 Å². The fourth-order valence-corrected chi connectivity index (χ4v) is 8.09. The smallest absolute Gasteiger partial charge is 0.164 e. The standard InChI is InChI=1S/C48H33N3/c1-48(2)43-27-33(24-25-39(43)42-28-40-37-22-11-9-20-35(37)36-21-10-12-23-38(36)41(40)29-44(42)48)32-18-13-19-34(26-32)47-50-45(30-14-5-3-6-15-30)49-46(51-47)31-16-7-4-8-17-31/h3-29H,1-2H3. The molecule has 1 heterocycles. The second-order valence-corrected chi connectivity index (χ2v) is 14.0. The lowest BCUT2D eigenvalue weighted by Crippen LogP contribution is -2.15. The van der Waals surface area contributed by atoms with E-state index in [9.17, 15) is 0 Å². The number of rotatable bonds is 4. The highest BCUT2D eigenvalue weighted by molar-refractivity contribution is 6.26. The molecular formula is C48H33N3. The van der Waals surface area contributed by atoms with Crippen molar-refractivity contribution in [3.05, 3.63) is 175 Å². The lowest BCUT2D eigenvalue weighted by Gasteiger charge is -2.23. The van der Waals surface area contributed by atoms with E-state index in [4.69, 9.17) is 15.0 Å². The minimum Gasteiger partial charge on any atom is -0.208 e. The SMILES string of the molecule is CC1(C)c2cc(-c3cccc(-c4nc(-c5ccccc5)nc(-c5ccccc5)n4)c3)ccc2-c2cc3c4ccccc4c4ccccc4c3cc21. The van der Waals surface area contributed by atoms with Gasteiger partial charge in [0.05, 0.1) is 0 Å². The van der Waals surface area contributed by atoms with Gasteiger partial charge in [-0.15, -0.1) is 0 Å². The zero-order valence-electron chi connectivity index (χ0n) is 28.4. The van der Waals surface area contributed by atoms with Crippen LogP contribution in [-0.2, 0) is 5.41 Å². The lowest BCUT2D eigenvalue weighted by atomic mass is 9.80. The van der Waals surface area contributed by atoms with Crippen LogP contribution in [0.15, 0.2) is 164 Å². The minimum absolute atomic E-state index is 0.164. The zero-order chi connectivity index (χ0) is 34.1. The van der Waals surface area contributed by atoms with E-state index in [0.29, 0.717) is 17.5 Å². The summed E-state index contributed by atoms with van der Waals surface area (Å²) in [6.07, 6.45) is 0. The highest BCUT2D eigenvalue weighted by atomic mass is 15.0. The summed E-state index contributed by atoms with van der Waals surface area (Å²) in [5.74, 6) is 1.98. The van der Waals surface area contributed by atoms with Crippen LogP contribution in [0.5, 0.6) is 0 Å². The van der Waals surface area contributed by atoms with Crippen LogP contribution < -0.4 is 0 Å². The molecule has 1 aromatic heterocycles. The van der Waals surface area contributed by atoms with Crippen LogP contribution >= 0.6 is 0 Å². The Labute approximate surface area is 297 Å². The molecule has 240 valence electrons. The van der Waals surface area contributed by atoms with Crippen molar-refractivity contribution < 1.29 is 0 Å². The quantitative estimate of drug-likeness (QED) is 0.178. The molecule has 0 unspecified atom stereocenters. The number of aromatic nitrogens is 3. The molecule has 0 saturated heterocycles. The first-order chi connectivity index (χ1) is 25.0. The largest absolute Gasteiger partial charge is 0.208 e. The van der Waals surface area contributed by atoms with Gasteiger partial charge in [-0.2, -0.15) is 0 Å². The van der Waals surface area contributed by atoms with Crippen molar-refractivity contribution >= 4 is 32.3 Å². The highest BCUT2D eigenvalue weighted by Gasteiger charge is 2.36. The van der Waals surface area contributed by atoms with Crippen LogP contribution in [0.2, 0.25) is 0 Å². The van der Waals surface area contributed by atoms with Crippen molar-refractivity contribution in [1.29, 1.82) is 0 Å². The van der Waals surface area contributed by atoms with Crippen molar-refractivity contribution in [3.8, 4) is 56.4 Å². The molecule has 8 aromatic carbocycles. The van der Waals surface area contributed by atoms with Crippen LogP contribution in [0.25, 0.3) is 88.7 Å². The maximum Gasteiger partial charge on any atom is 0.164 e. The van der Waals surface area contributed by atoms with Crippen molar-refractivity contribution in [2.45, 2.75) is 19.3 Å². The molecule has 0 amide bonds. The third-order valence-corrected chi connectivity index (χ3v) is 10.7. The summed E-state index contributed by atoms with van der Waals surface area (Å²) in [7, 11) is 0. The van der Waals surface area contributed by atoms with E-state index in [1.807, 2.05) is 60.7 Å².